The molecule has 1 aliphatic heterocycles. The largest absolute Gasteiger partial charge is 0.480 e. The Bertz CT molecular complexity index is 942. The van der Waals surface area contributed by atoms with Crippen LogP contribution in [-0.4, -0.2) is 56.8 Å². The Balaban J connectivity index is 1.67. The van der Waals surface area contributed by atoms with Crippen LogP contribution in [0.2, 0.25) is 0 Å². The highest BCUT2D eigenvalue weighted by atomic mass is 32.2. The number of sulfonamides is 1. The minimum absolute atomic E-state index is 0.0397. The zero-order valence-corrected chi connectivity index (χ0v) is 16.5. The summed E-state index contributed by atoms with van der Waals surface area (Å²) in [4.78, 5) is 11.5. The maximum absolute atomic E-state index is 12.6. The highest BCUT2D eigenvalue weighted by Gasteiger charge is 2.25. The molecule has 2 aromatic rings. The lowest BCUT2D eigenvalue weighted by Gasteiger charge is -2.22. The molecule has 1 heterocycles. The molecule has 2 aromatic carbocycles. The summed E-state index contributed by atoms with van der Waals surface area (Å²) < 4.78 is 32.7. The Morgan fingerprint density at radius 2 is 1.76 bits per heavy atom. The highest BCUT2D eigenvalue weighted by molar-refractivity contribution is 7.89. The third kappa shape index (κ3) is 6.08. The smallest absolute Gasteiger partial charge is 0.322 e. The Hall–Kier alpha value is -2.82. The molecule has 1 unspecified atom stereocenters. The second-order valence-electron chi connectivity index (χ2n) is 6.45. The molecule has 0 bridgehead atoms. The van der Waals surface area contributed by atoms with Crippen LogP contribution in [0.5, 0.6) is 0 Å². The molecule has 10 heteroatoms. The lowest BCUT2D eigenvalue weighted by atomic mass is 10.1. The van der Waals surface area contributed by atoms with E-state index in [2.05, 4.69) is 15.1 Å². The highest BCUT2D eigenvalue weighted by Crippen LogP contribution is 2.18. The summed E-state index contributed by atoms with van der Waals surface area (Å²) in [6.45, 7) is 2.49. The van der Waals surface area contributed by atoms with E-state index in [1.54, 1.807) is 35.3 Å². The van der Waals surface area contributed by atoms with Crippen molar-refractivity contribution in [1.82, 2.24) is 9.73 Å². The molecule has 0 aliphatic carbocycles. The monoisotopic (exact) mass is 418 g/mol. The van der Waals surface area contributed by atoms with Gasteiger partial charge in [-0.1, -0.05) is 35.6 Å². The van der Waals surface area contributed by atoms with Crippen LogP contribution in [0.1, 0.15) is 5.56 Å². The quantitative estimate of drug-likeness (QED) is 0.633. The number of rotatable bonds is 8. The summed E-state index contributed by atoms with van der Waals surface area (Å²) in [5.41, 5.74) is 1.22. The van der Waals surface area contributed by atoms with Crippen molar-refractivity contribution >= 4 is 21.7 Å². The van der Waals surface area contributed by atoms with Crippen molar-refractivity contribution < 1.29 is 23.1 Å². The van der Waals surface area contributed by atoms with Gasteiger partial charge in [0.25, 0.3) is 0 Å². The summed E-state index contributed by atoms with van der Waals surface area (Å²) in [6, 6.07) is 13.4. The van der Waals surface area contributed by atoms with Crippen molar-refractivity contribution in [3.63, 3.8) is 0 Å². The lowest BCUT2D eigenvalue weighted by molar-refractivity contribution is -0.138. The molecular formula is C19H22N4O5S. The van der Waals surface area contributed by atoms with Gasteiger partial charge < -0.3 is 9.84 Å². The zero-order valence-electron chi connectivity index (χ0n) is 15.6. The average molecular weight is 418 g/mol. The second kappa shape index (κ2) is 9.59. The fourth-order valence-electron chi connectivity index (χ4n) is 2.73. The maximum Gasteiger partial charge on any atom is 0.322 e. The molecular weight excluding hydrogens is 396 g/mol. The van der Waals surface area contributed by atoms with Gasteiger partial charge in [-0.15, -0.1) is 5.11 Å². The Morgan fingerprint density at radius 1 is 1.10 bits per heavy atom. The summed E-state index contributed by atoms with van der Waals surface area (Å²) in [6.07, 6.45) is 0.0429. The van der Waals surface area contributed by atoms with Gasteiger partial charge in [0.2, 0.25) is 10.0 Å². The molecule has 1 fully saturated rings. The molecule has 1 atom stereocenters. The van der Waals surface area contributed by atoms with E-state index in [9.17, 15) is 18.3 Å². The minimum atomic E-state index is -4.01. The standard InChI is InChI=1S/C19H22N4O5S/c24-19(25)18(14-15-4-2-1-3-5-15)21-29(26,27)17-8-6-16(7-9-17)20-22-23-10-12-28-13-11-23/h1-9,18,21H,10-14H2,(H,24,25). The molecule has 1 aliphatic rings. The minimum Gasteiger partial charge on any atom is -0.480 e. The van der Waals surface area contributed by atoms with E-state index >= 15 is 0 Å². The number of aliphatic carboxylic acids is 1. The summed E-state index contributed by atoms with van der Waals surface area (Å²) in [5, 5.41) is 19.4. The number of nitrogens with one attached hydrogen (secondary N) is 1. The van der Waals surface area contributed by atoms with Crippen LogP contribution in [-0.2, 0) is 26.0 Å². The van der Waals surface area contributed by atoms with Gasteiger partial charge in [-0.25, -0.2) is 8.42 Å². The molecule has 3 rings (SSSR count). The molecule has 0 spiro atoms. The SMILES string of the molecule is O=C(O)C(Cc1ccccc1)NS(=O)(=O)c1ccc(N=NN2CCOCC2)cc1. The third-order valence-electron chi connectivity index (χ3n) is 4.30. The average Bonchev–Trinajstić information content (AvgIpc) is 2.73. The van der Waals surface area contributed by atoms with Gasteiger partial charge in [0.1, 0.15) is 6.04 Å². The number of carbonyl (C=O) groups is 1. The maximum atomic E-state index is 12.6. The van der Waals surface area contributed by atoms with Crippen LogP contribution >= 0.6 is 0 Å². The van der Waals surface area contributed by atoms with Crippen molar-refractivity contribution in [3.8, 4) is 0 Å². The third-order valence-corrected chi connectivity index (χ3v) is 5.79. The van der Waals surface area contributed by atoms with E-state index in [1.165, 1.54) is 24.3 Å². The number of benzene rings is 2. The molecule has 0 saturated carbocycles. The van der Waals surface area contributed by atoms with Crippen molar-refractivity contribution in [3.05, 3.63) is 60.2 Å². The van der Waals surface area contributed by atoms with Crippen LogP contribution in [0.25, 0.3) is 0 Å². The number of ether oxygens (including phenoxy) is 1. The van der Waals surface area contributed by atoms with E-state index in [1.807, 2.05) is 0 Å². The fourth-order valence-corrected chi connectivity index (χ4v) is 3.92. The lowest BCUT2D eigenvalue weighted by Crippen LogP contribution is -2.42. The number of carboxylic acids is 1. The molecule has 0 amide bonds. The first-order valence-corrected chi connectivity index (χ1v) is 10.6. The first kappa shape index (κ1) is 20.9. The van der Waals surface area contributed by atoms with Crippen molar-refractivity contribution in [1.29, 1.82) is 0 Å². The summed E-state index contributed by atoms with van der Waals surface area (Å²) >= 11 is 0. The molecule has 0 radical (unpaired) electrons. The van der Waals surface area contributed by atoms with E-state index in [4.69, 9.17) is 4.74 Å². The van der Waals surface area contributed by atoms with Crippen molar-refractivity contribution in [2.45, 2.75) is 17.4 Å². The van der Waals surface area contributed by atoms with E-state index in [0.29, 0.717) is 32.0 Å². The summed E-state index contributed by atoms with van der Waals surface area (Å²) in [5.74, 6) is -1.24. The van der Waals surface area contributed by atoms with Gasteiger partial charge in [0.05, 0.1) is 36.9 Å². The second-order valence-corrected chi connectivity index (χ2v) is 8.17. The topological polar surface area (TPSA) is 121 Å². The van der Waals surface area contributed by atoms with Gasteiger partial charge in [-0.2, -0.15) is 4.72 Å². The predicted octanol–water partition coefficient (Wildman–Crippen LogP) is 1.99. The van der Waals surface area contributed by atoms with E-state index in [-0.39, 0.29) is 11.3 Å². The van der Waals surface area contributed by atoms with Gasteiger partial charge in [0.15, 0.2) is 0 Å². The van der Waals surface area contributed by atoms with Gasteiger partial charge in [0, 0.05) is 0 Å². The van der Waals surface area contributed by atoms with Gasteiger partial charge >= 0.3 is 5.97 Å². The molecule has 1 saturated heterocycles. The first-order chi connectivity index (χ1) is 13.9. The molecule has 9 nitrogen and oxygen atoms in total. The number of hydrogen-bond donors (Lipinski definition) is 2. The molecule has 154 valence electrons. The number of hydrogen-bond acceptors (Lipinski definition) is 6. The molecule has 0 aromatic heterocycles. The predicted molar refractivity (Wildman–Crippen MR) is 105 cm³/mol. The molecule has 29 heavy (non-hydrogen) atoms. The number of morpholine rings is 1. The van der Waals surface area contributed by atoms with E-state index in [0.717, 1.165) is 5.56 Å². The van der Waals surface area contributed by atoms with Crippen LogP contribution in [0.4, 0.5) is 5.69 Å². The zero-order chi connectivity index (χ0) is 20.7. The van der Waals surface area contributed by atoms with Crippen LogP contribution in [0.15, 0.2) is 69.8 Å². The van der Waals surface area contributed by atoms with Crippen LogP contribution in [0.3, 0.4) is 0 Å². The van der Waals surface area contributed by atoms with Crippen LogP contribution in [0, 0.1) is 0 Å². The van der Waals surface area contributed by atoms with Crippen LogP contribution < -0.4 is 4.72 Å². The first-order valence-electron chi connectivity index (χ1n) is 9.07. The summed E-state index contributed by atoms with van der Waals surface area (Å²) in [7, 11) is -4.01. The Kier molecular flexibility index (Phi) is 6.91. The van der Waals surface area contributed by atoms with Gasteiger partial charge in [-0.05, 0) is 36.2 Å². The normalized spacial score (nSPS) is 16.1. The fraction of sp³-hybridized carbons (Fsp3) is 0.316. The number of nitrogens with zero attached hydrogens (tertiary/aromatic N) is 3. The number of carboxylic acid groups (broad SMARTS) is 1. The van der Waals surface area contributed by atoms with Crippen molar-refractivity contribution in [2.24, 2.45) is 10.3 Å². The van der Waals surface area contributed by atoms with Gasteiger partial charge in [-0.3, -0.25) is 9.80 Å². The molecule has 2 N–H and O–H groups in total. The Morgan fingerprint density at radius 3 is 2.38 bits per heavy atom. The Labute approximate surface area is 169 Å². The van der Waals surface area contributed by atoms with Crippen molar-refractivity contribution in [2.75, 3.05) is 26.3 Å². The van der Waals surface area contributed by atoms with E-state index < -0.39 is 22.0 Å².